The first-order chi connectivity index (χ1) is 22.0. The Kier molecular flexibility index (Phi) is 13.5. The Hall–Kier alpha value is -5.02. The van der Waals surface area contributed by atoms with E-state index >= 15 is 0 Å². The van der Waals surface area contributed by atoms with Gasteiger partial charge in [-0.2, -0.15) is 4.36 Å². The Bertz CT molecular complexity index is 1740. The first-order valence-electron chi connectivity index (χ1n) is 14.7. The molecule has 2 aromatic carbocycles. The van der Waals surface area contributed by atoms with Crippen LogP contribution in [0.5, 0.6) is 0 Å². The number of nitrogens with one attached hydrogen (secondary N) is 1. The van der Waals surface area contributed by atoms with E-state index in [0.29, 0.717) is 42.5 Å². The normalized spacial score (nSPS) is 10.7. The molecule has 3 rings (SSSR count). The van der Waals surface area contributed by atoms with Crippen molar-refractivity contribution in [1.29, 1.82) is 0 Å². The quantitative estimate of drug-likeness (QED) is 0.149. The summed E-state index contributed by atoms with van der Waals surface area (Å²) in [7, 11) is -0.434. The number of amides is 2. The highest BCUT2D eigenvalue weighted by Crippen LogP contribution is 2.16. The third-order valence-electron chi connectivity index (χ3n) is 6.80. The van der Waals surface area contributed by atoms with Gasteiger partial charge in [-0.05, 0) is 74.6 Å². The number of benzene rings is 2. The summed E-state index contributed by atoms with van der Waals surface area (Å²) in [6.45, 7) is 1.94. The van der Waals surface area contributed by atoms with Crippen LogP contribution in [-0.2, 0) is 28.8 Å². The van der Waals surface area contributed by atoms with E-state index in [0.717, 1.165) is 5.56 Å². The summed E-state index contributed by atoms with van der Waals surface area (Å²) in [5, 5.41) is 2.86. The highest BCUT2D eigenvalue weighted by molar-refractivity contribution is 7.93. The Morgan fingerprint density at radius 3 is 2.15 bits per heavy atom. The number of carbonyl (C=O) groups excluding carboxylic acids is 4. The highest BCUT2D eigenvalue weighted by Gasteiger charge is 2.16. The number of hydrogen-bond acceptors (Lipinski definition) is 9. The summed E-state index contributed by atoms with van der Waals surface area (Å²) in [6, 6.07) is 15.7. The number of pyridine rings is 1. The Labute approximate surface area is 269 Å². The number of nitrogens with zero attached hydrogens (tertiary/aromatic N) is 2. The summed E-state index contributed by atoms with van der Waals surface area (Å²) in [5.74, 6) is 4.35. The monoisotopic (exact) mass is 646 g/mol. The molecule has 1 aromatic heterocycles. The fourth-order valence-electron chi connectivity index (χ4n) is 4.29. The van der Waals surface area contributed by atoms with Gasteiger partial charge in [0.05, 0.1) is 35.1 Å². The van der Waals surface area contributed by atoms with Crippen molar-refractivity contribution in [3.05, 3.63) is 88.6 Å². The zero-order chi connectivity index (χ0) is 33.5. The first kappa shape index (κ1) is 35.5. The van der Waals surface area contributed by atoms with Gasteiger partial charge in [-0.15, -0.1) is 0 Å². The summed E-state index contributed by atoms with van der Waals surface area (Å²) < 4.78 is 27.1. The SMILES string of the molecule is COC(=O)CCCCS(=O)(CCCCC(=O)OC)=NC(=O)c1cnc(N)c(C#Cc2cccc(C(=O)Nc3cccc(C)c3)c2)c1. The van der Waals surface area contributed by atoms with Gasteiger partial charge in [0.2, 0.25) is 0 Å². The van der Waals surface area contributed by atoms with Crippen LogP contribution in [0.3, 0.4) is 0 Å². The van der Waals surface area contributed by atoms with E-state index in [9.17, 15) is 23.4 Å². The molecule has 0 radical (unpaired) electrons. The molecule has 0 bridgehead atoms. The van der Waals surface area contributed by atoms with Crippen molar-refractivity contribution in [2.75, 3.05) is 36.8 Å². The van der Waals surface area contributed by atoms with E-state index in [1.54, 1.807) is 30.3 Å². The van der Waals surface area contributed by atoms with Gasteiger partial charge in [0.15, 0.2) is 0 Å². The maximum Gasteiger partial charge on any atom is 0.305 e. The zero-order valence-corrected chi connectivity index (χ0v) is 27.0. The number of unbranched alkanes of at least 4 members (excludes halogenated alkanes) is 2. The molecule has 46 heavy (non-hydrogen) atoms. The number of carbonyl (C=O) groups is 4. The van der Waals surface area contributed by atoms with Crippen LogP contribution in [-0.4, -0.2) is 58.7 Å². The number of nitrogen functional groups attached to an aromatic ring is 1. The molecule has 0 saturated carbocycles. The van der Waals surface area contributed by atoms with E-state index in [2.05, 4.69) is 36.0 Å². The predicted octanol–water partition coefficient (Wildman–Crippen LogP) is 4.92. The molecule has 0 aliphatic carbocycles. The summed E-state index contributed by atoms with van der Waals surface area (Å²) in [5.41, 5.74) is 9.01. The molecule has 3 N–H and O–H groups in total. The van der Waals surface area contributed by atoms with Crippen LogP contribution in [0, 0.1) is 18.8 Å². The number of methoxy groups -OCH3 is 2. The van der Waals surface area contributed by atoms with Crippen molar-refractivity contribution in [2.45, 2.75) is 45.4 Å². The number of hydrogen-bond donors (Lipinski definition) is 2. The van der Waals surface area contributed by atoms with Crippen LogP contribution >= 0.6 is 0 Å². The fraction of sp³-hybridized carbons (Fsp3) is 0.324. The second kappa shape index (κ2) is 17.5. The molecule has 12 heteroatoms. The first-order valence-corrected chi connectivity index (χ1v) is 16.5. The van der Waals surface area contributed by atoms with Crippen molar-refractivity contribution in [2.24, 2.45) is 4.36 Å². The number of anilines is 2. The predicted molar refractivity (Wildman–Crippen MR) is 177 cm³/mol. The second-order valence-electron chi connectivity index (χ2n) is 10.5. The molecule has 0 fully saturated rings. The van der Waals surface area contributed by atoms with Crippen LogP contribution in [0.1, 0.15) is 75.9 Å². The van der Waals surface area contributed by atoms with Crippen LogP contribution in [0.25, 0.3) is 0 Å². The minimum absolute atomic E-state index is 0.0571. The van der Waals surface area contributed by atoms with Gasteiger partial charge in [-0.3, -0.25) is 19.2 Å². The number of rotatable bonds is 13. The van der Waals surface area contributed by atoms with Gasteiger partial charge < -0.3 is 20.5 Å². The van der Waals surface area contributed by atoms with Gasteiger partial charge in [-0.1, -0.05) is 30.0 Å². The zero-order valence-electron chi connectivity index (χ0n) is 26.2. The van der Waals surface area contributed by atoms with E-state index in [4.69, 9.17) is 5.73 Å². The maximum absolute atomic E-state index is 13.8. The van der Waals surface area contributed by atoms with Crippen LogP contribution in [0.4, 0.5) is 11.5 Å². The Morgan fingerprint density at radius 1 is 0.870 bits per heavy atom. The molecule has 0 aliphatic heterocycles. The van der Waals surface area contributed by atoms with E-state index in [1.807, 2.05) is 25.1 Å². The van der Waals surface area contributed by atoms with E-state index < -0.39 is 15.6 Å². The van der Waals surface area contributed by atoms with Crippen LogP contribution < -0.4 is 11.1 Å². The average Bonchev–Trinajstić information content (AvgIpc) is 3.04. The molecule has 0 saturated heterocycles. The second-order valence-corrected chi connectivity index (χ2v) is 13.0. The molecular formula is C34H38N4O7S. The third-order valence-corrected chi connectivity index (χ3v) is 9.15. The van der Waals surface area contributed by atoms with Crippen molar-refractivity contribution in [3.8, 4) is 11.8 Å². The molecule has 0 spiro atoms. The number of aromatic nitrogens is 1. The fourth-order valence-corrected chi connectivity index (χ4v) is 6.40. The lowest BCUT2D eigenvalue weighted by atomic mass is 10.1. The number of esters is 2. The molecule has 3 aromatic rings. The van der Waals surface area contributed by atoms with Gasteiger partial charge in [0.1, 0.15) is 5.82 Å². The summed E-state index contributed by atoms with van der Waals surface area (Å²) >= 11 is 0. The lowest BCUT2D eigenvalue weighted by Gasteiger charge is -2.10. The standard InChI is InChI=1S/C34H38N4O7S/c1-24-10-8-13-29(20-24)37-33(41)27-12-9-11-25(21-27)16-17-26-22-28(23-36-32(26)35)34(42)38-46(43,18-6-4-14-30(39)44-2)19-7-5-15-31(40)45-3/h8-13,20-23H,4-7,14-15,18-19H2,1-3H3,(H2,35,36)(H,37,41). The summed E-state index contributed by atoms with van der Waals surface area (Å²) in [6.07, 6.45) is 3.19. The number of aryl methyl sites for hydroxylation is 1. The van der Waals surface area contributed by atoms with Gasteiger partial charge in [0, 0.05) is 47.4 Å². The van der Waals surface area contributed by atoms with E-state index in [-0.39, 0.29) is 59.1 Å². The van der Waals surface area contributed by atoms with Crippen molar-refractivity contribution < 1.29 is 32.9 Å². The van der Waals surface area contributed by atoms with Gasteiger partial charge >= 0.3 is 11.9 Å². The molecule has 0 aliphatic rings. The molecule has 1 heterocycles. The van der Waals surface area contributed by atoms with Gasteiger partial charge in [-0.25, -0.2) is 9.19 Å². The van der Waals surface area contributed by atoms with E-state index in [1.165, 1.54) is 26.5 Å². The molecule has 2 amide bonds. The lowest BCUT2D eigenvalue weighted by molar-refractivity contribution is -0.141. The molecule has 11 nitrogen and oxygen atoms in total. The highest BCUT2D eigenvalue weighted by atomic mass is 32.2. The third kappa shape index (κ3) is 11.5. The molecular weight excluding hydrogens is 608 g/mol. The number of ether oxygens (including phenoxy) is 2. The number of nitrogens with two attached hydrogens (primary N) is 1. The van der Waals surface area contributed by atoms with Crippen LogP contribution in [0.2, 0.25) is 0 Å². The maximum atomic E-state index is 13.8. The lowest BCUT2D eigenvalue weighted by Crippen LogP contribution is -2.15. The van der Waals surface area contributed by atoms with Crippen molar-refractivity contribution in [3.63, 3.8) is 0 Å². The molecule has 0 unspecified atom stereocenters. The average molecular weight is 647 g/mol. The summed E-state index contributed by atoms with van der Waals surface area (Å²) in [4.78, 5) is 53.0. The minimum atomic E-state index is -3.02. The Balaban J connectivity index is 1.79. The minimum Gasteiger partial charge on any atom is -0.469 e. The van der Waals surface area contributed by atoms with Crippen molar-refractivity contribution >= 4 is 45.0 Å². The smallest absolute Gasteiger partial charge is 0.305 e. The largest absolute Gasteiger partial charge is 0.469 e. The topological polar surface area (TPSA) is 167 Å². The van der Waals surface area contributed by atoms with Crippen molar-refractivity contribution in [1.82, 2.24) is 4.98 Å². The Morgan fingerprint density at radius 2 is 1.52 bits per heavy atom. The van der Waals surface area contributed by atoms with Gasteiger partial charge in [0.25, 0.3) is 11.8 Å². The van der Waals surface area contributed by atoms with Crippen LogP contribution in [0.15, 0.2) is 65.2 Å². The molecule has 0 atom stereocenters. The molecule has 242 valence electrons.